The molecule has 0 spiro atoms. The summed E-state index contributed by atoms with van der Waals surface area (Å²) >= 11 is 7.70. The summed E-state index contributed by atoms with van der Waals surface area (Å²) in [6.07, 6.45) is 4.48. The lowest BCUT2D eigenvalue weighted by Gasteiger charge is -2.18. The predicted octanol–water partition coefficient (Wildman–Crippen LogP) is 2.60. The summed E-state index contributed by atoms with van der Waals surface area (Å²) in [4.78, 5) is 15.3. The van der Waals surface area contributed by atoms with Crippen LogP contribution in [0.2, 0.25) is 4.34 Å². The molecule has 3 rings (SSSR count). The average molecular weight is 285 g/mol. The van der Waals surface area contributed by atoms with E-state index in [2.05, 4.69) is 5.32 Å². The van der Waals surface area contributed by atoms with Crippen LogP contribution in [0.3, 0.4) is 0 Å². The number of rotatable bonds is 3. The first-order chi connectivity index (χ1) is 8.74. The number of fused-ring (bicyclic) bond motifs is 1. The molecule has 98 valence electrons. The van der Waals surface area contributed by atoms with E-state index in [0.29, 0.717) is 12.6 Å². The Balaban J connectivity index is 1.56. The lowest BCUT2D eigenvalue weighted by atomic mass is 10.2. The maximum atomic E-state index is 12.0. The summed E-state index contributed by atoms with van der Waals surface area (Å²) in [6, 6.07) is 2.36. The van der Waals surface area contributed by atoms with Gasteiger partial charge in [0.25, 0.3) is 0 Å². The number of likely N-dealkylation sites (tertiary alicyclic amines) is 1. The fourth-order valence-electron chi connectivity index (χ4n) is 2.83. The summed E-state index contributed by atoms with van der Waals surface area (Å²) in [6.45, 7) is 2.32. The van der Waals surface area contributed by atoms with Crippen LogP contribution in [0.5, 0.6) is 0 Å². The van der Waals surface area contributed by atoms with E-state index >= 15 is 0 Å². The van der Waals surface area contributed by atoms with E-state index in [1.807, 2.05) is 11.0 Å². The van der Waals surface area contributed by atoms with Gasteiger partial charge in [0.05, 0.1) is 10.9 Å². The largest absolute Gasteiger partial charge is 0.342 e. The smallest absolute Gasteiger partial charge is 0.236 e. The zero-order valence-electron chi connectivity index (χ0n) is 10.2. The monoisotopic (exact) mass is 284 g/mol. The van der Waals surface area contributed by atoms with Gasteiger partial charge in [0.15, 0.2) is 0 Å². The number of nitrogens with zero attached hydrogens (tertiary/aromatic N) is 1. The summed E-state index contributed by atoms with van der Waals surface area (Å²) in [5, 5.41) is 3.38. The Kier molecular flexibility index (Phi) is 3.59. The minimum atomic E-state index is 0.238. The molecule has 1 saturated heterocycles. The number of hydrogen-bond donors (Lipinski definition) is 1. The maximum Gasteiger partial charge on any atom is 0.236 e. The fraction of sp³-hybridized carbons (Fsp3) is 0.615. The third kappa shape index (κ3) is 2.42. The standard InChI is InChI=1S/C13H17ClN2OS/c14-12-7-9-10(3-4-11(9)18-12)15-8-13(17)16-5-1-2-6-16/h7,10,15H,1-6,8H2. The molecular weight excluding hydrogens is 268 g/mol. The Morgan fingerprint density at radius 2 is 2.28 bits per heavy atom. The summed E-state index contributed by atoms with van der Waals surface area (Å²) < 4.78 is 0.859. The van der Waals surface area contributed by atoms with Crippen molar-refractivity contribution in [2.45, 2.75) is 31.7 Å². The molecule has 0 bridgehead atoms. The molecule has 0 radical (unpaired) electrons. The van der Waals surface area contributed by atoms with Gasteiger partial charge in [0.2, 0.25) is 5.91 Å². The van der Waals surface area contributed by atoms with Gasteiger partial charge < -0.3 is 10.2 Å². The number of hydrogen-bond acceptors (Lipinski definition) is 3. The topological polar surface area (TPSA) is 32.3 Å². The quantitative estimate of drug-likeness (QED) is 0.925. The maximum absolute atomic E-state index is 12.0. The van der Waals surface area contributed by atoms with Gasteiger partial charge in [-0.05, 0) is 37.3 Å². The SMILES string of the molecule is O=C(CNC1CCc2sc(Cl)cc21)N1CCCC1. The fourth-order valence-corrected chi connectivity index (χ4v) is 4.19. The molecule has 1 aromatic rings. The second-order valence-corrected chi connectivity index (χ2v) is 6.76. The Morgan fingerprint density at radius 1 is 1.50 bits per heavy atom. The van der Waals surface area contributed by atoms with E-state index in [9.17, 15) is 4.79 Å². The van der Waals surface area contributed by atoms with Crippen molar-refractivity contribution in [3.8, 4) is 0 Å². The Bertz CT molecular complexity index is 454. The highest BCUT2D eigenvalue weighted by Gasteiger charge is 2.26. The average Bonchev–Trinajstić information content (AvgIpc) is 3.02. The van der Waals surface area contributed by atoms with Gasteiger partial charge in [-0.1, -0.05) is 11.6 Å². The van der Waals surface area contributed by atoms with Crippen molar-refractivity contribution in [3.05, 3.63) is 20.8 Å². The molecule has 1 atom stereocenters. The van der Waals surface area contributed by atoms with Crippen LogP contribution in [0.1, 0.15) is 35.7 Å². The molecule has 1 amide bonds. The van der Waals surface area contributed by atoms with Crippen LogP contribution in [0, 0.1) is 0 Å². The van der Waals surface area contributed by atoms with E-state index in [1.54, 1.807) is 11.3 Å². The van der Waals surface area contributed by atoms with Gasteiger partial charge >= 0.3 is 0 Å². The molecule has 18 heavy (non-hydrogen) atoms. The minimum Gasteiger partial charge on any atom is -0.342 e. The summed E-state index contributed by atoms with van der Waals surface area (Å²) in [7, 11) is 0. The van der Waals surface area contributed by atoms with Crippen LogP contribution in [-0.2, 0) is 11.2 Å². The number of nitrogens with one attached hydrogen (secondary N) is 1. The van der Waals surface area contributed by atoms with Gasteiger partial charge in [-0.2, -0.15) is 0 Å². The lowest BCUT2D eigenvalue weighted by Crippen LogP contribution is -2.37. The summed E-state index contributed by atoms with van der Waals surface area (Å²) in [5.41, 5.74) is 1.30. The molecule has 1 aromatic heterocycles. The third-order valence-corrected chi connectivity index (χ3v) is 5.15. The Morgan fingerprint density at radius 3 is 3.06 bits per heavy atom. The minimum absolute atomic E-state index is 0.238. The number of halogens is 1. The normalized spacial score (nSPS) is 22.5. The second-order valence-electron chi connectivity index (χ2n) is 4.99. The molecule has 1 unspecified atom stereocenters. The van der Waals surface area contributed by atoms with Crippen molar-refractivity contribution in [2.75, 3.05) is 19.6 Å². The second kappa shape index (κ2) is 5.19. The molecule has 1 fully saturated rings. The van der Waals surface area contributed by atoms with Crippen LogP contribution >= 0.6 is 22.9 Å². The number of carbonyl (C=O) groups excluding carboxylic acids is 1. The highest BCUT2D eigenvalue weighted by molar-refractivity contribution is 7.16. The molecular formula is C13H17ClN2OS. The van der Waals surface area contributed by atoms with Gasteiger partial charge in [-0.3, -0.25) is 4.79 Å². The first kappa shape index (κ1) is 12.5. The van der Waals surface area contributed by atoms with Gasteiger partial charge in [-0.25, -0.2) is 0 Å². The Hall–Kier alpha value is -0.580. The van der Waals surface area contributed by atoms with Crippen molar-refractivity contribution in [1.82, 2.24) is 10.2 Å². The van der Waals surface area contributed by atoms with Crippen molar-refractivity contribution >= 4 is 28.8 Å². The predicted molar refractivity (Wildman–Crippen MR) is 74.2 cm³/mol. The van der Waals surface area contributed by atoms with Crippen molar-refractivity contribution in [3.63, 3.8) is 0 Å². The van der Waals surface area contributed by atoms with Crippen LogP contribution in [-0.4, -0.2) is 30.4 Å². The van der Waals surface area contributed by atoms with Crippen LogP contribution in [0.25, 0.3) is 0 Å². The van der Waals surface area contributed by atoms with E-state index < -0.39 is 0 Å². The highest BCUT2D eigenvalue weighted by Crippen LogP contribution is 2.39. The molecule has 1 aliphatic heterocycles. The van der Waals surface area contributed by atoms with Crippen molar-refractivity contribution < 1.29 is 4.79 Å². The zero-order valence-corrected chi connectivity index (χ0v) is 11.8. The van der Waals surface area contributed by atoms with E-state index in [-0.39, 0.29) is 5.91 Å². The highest BCUT2D eigenvalue weighted by atomic mass is 35.5. The lowest BCUT2D eigenvalue weighted by molar-refractivity contribution is -0.129. The van der Waals surface area contributed by atoms with Crippen LogP contribution in [0.15, 0.2) is 6.07 Å². The van der Waals surface area contributed by atoms with Gasteiger partial charge in [0.1, 0.15) is 0 Å². The molecule has 0 saturated carbocycles. The Labute approximate surface area is 116 Å². The van der Waals surface area contributed by atoms with Crippen LogP contribution < -0.4 is 5.32 Å². The summed E-state index contributed by atoms with van der Waals surface area (Å²) in [5.74, 6) is 0.238. The van der Waals surface area contributed by atoms with Crippen LogP contribution in [0.4, 0.5) is 0 Å². The number of thiophene rings is 1. The molecule has 2 aliphatic rings. The van der Waals surface area contributed by atoms with E-state index in [1.165, 1.54) is 10.4 Å². The van der Waals surface area contributed by atoms with Gasteiger partial charge in [0, 0.05) is 24.0 Å². The van der Waals surface area contributed by atoms with Crippen molar-refractivity contribution in [1.29, 1.82) is 0 Å². The molecule has 5 heteroatoms. The van der Waals surface area contributed by atoms with Crippen molar-refractivity contribution in [2.24, 2.45) is 0 Å². The number of amides is 1. The number of aryl methyl sites for hydroxylation is 1. The molecule has 1 aliphatic carbocycles. The first-order valence-corrected chi connectivity index (χ1v) is 7.73. The molecule has 2 heterocycles. The molecule has 3 nitrogen and oxygen atoms in total. The third-order valence-electron chi connectivity index (χ3n) is 3.81. The first-order valence-electron chi connectivity index (χ1n) is 6.53. The molecule has 0 aromatic carbocycles. The van der Waals surface area contributed by atoms with E-state index in [0.717, 1.165) is 43.1 Å². The molecule has 1 N–H and O–H groups in total. The number of carbonyl (C=O) groups is 1. The van der Waals surface area contributed by atoms with Gasteiger partial charge in [-0.15, -0.1) is 11.3 Å². The zero-order chi connectivity index (χ0) is 12.5. The van der Waals surface area contributed by atoms with E-state index in [4.69, 9.17) is 11.6 Å².